The fourth-order valence-corrected chi connectivity index (χ4v) is 3.61. The van der Waals surface area contributed by atoms with Gasteiger partial charge < -0.3 is 5.32 Å². The number of fused-ring (bicyclic) bond motifs is 1. The Morgan fingerprint density at radius 3 is 2.62 bits per heavy atom. The number of thiophene rings is 1. The summed E-state index contributed by atoms with van der Waals surface area (Å²) in [6.07, 6.45) is 3.30. The first-order chi connectivity index (χ1) is 11.7. The van der Waals surface area contributed by atoms with E-state index in [4.69, 9.17) is 0 Å². The van der Waals surface area contributed by atoms with Crippen LogP contribution in [0, 0.1) is 6.92 Å². The molecule has 1 aromatic carbocycles. The molecule has 3 heterocycles. The lowest BCUT2D eigenvalue weighted by molar-refractivity contribution is 0.103. The molecule has 1 N–H and O–H groups in total. The summed E-state index contributed by atoms with van der Waals surface area (Å²) in [5.74, 6) is -0.124. The molecule has 0 atom stereocenters. The van der Waals surface area contributed by atoms with Crippen LogP contribution < -0.4 is 5.32 Å². The molecule has 4 rings (SSSR count). The molecule has 0 fully saturated rings. The summed E-state index contributed by atoms with van der Waals surface area (Å²) in [4.78, 5) is 18.1. The number of benzene rings is 1. The SMILES string of the molecule is Cc1nn(-c2ccccc2)c2sc(C(=O)Nc3ccncc3)cc12. The van der Waals surface area contributed by atoms with Crippen LogP contribution in [0.1, 0.15) is 15.4 Å². The van der Waals surface area contributed by atoms with Gasteiger partial charge in [-0.1, -0.05) is 18.2 Å². The number of nitrogens with zero attached hydrogens (tertiary/aromatic N) is 3. The lowest BCUT2D eigenvalue weighted by atomic mass is 10.3. The fourth-order valence-electron chi connectivity index (χ4n) is 2.53. The quantitative estimate of drug-likeness (QED) is 0.615. The van der Waals surface area contributed by atoms with Gasteiger partial charge in [-0.3, -0.25) is 9.78 Å². The number of pyridine rings is 1. The first kappa shape index (κ1) is 14.6. The minimum atomic E-state index is -0.124. The van der Waals surface area contributed by atoms with E-state index < -0.39 is 0 Å². The van der Waals surface area contributed by atoms with Gasteiger partial charge in [-0.25, -0.2) is 4.68 Å². The Hall–Kier alpha value is -2.99. The molecular weight excluding hydrogens is 320 g/mol. The van der Waals surface area contributed by atoms with Crippen LogP contribution in [0.25, 0.3) is 15.9 Å². The van der Waals surface area contributed by atoms with E-state index in [9.17, 15) is 4.79 Å². The van der Waals surface area contributed by atoms with E-state index in [1.165, 1.54) is 11.3 Å². The maximum absolute atomic E-state index is 12.5. The van der Waals surface area contributed by atoms with Crippen molar-refractivity contribution >= 4 is 33.1 Å². The molecule has 0 bridgehead atoms. The highest BCUT2D eigenvalue weighted by Gasteiger charge is 2.17. The standard InChI is InChI=1S/C18H14N4OS/c1-12-15-11-16(17(23)20-13-7-9-19-10-8-13)24-18(15)22(21-12)14-5-3-2-4-6-14/h2-11H,1H3,(H,19,20,23). The number of carbonyl (C=O) groups is 1. The van der Waals surface area contributed by atoms with Crippen LogP contribution in [0.2, 0.25) is 0 Å². The average Bonchev–Trinajstić information content (AvgIpc) is 3.18. The topological polar surface area (TPSA) is 59.8 Å². The monoisotopic (exact) mass is 334 g/mol. The van der Waals surface area contributed by atoms with Crippen molar-refractivity contribution in [3.8, 4) is 5.69 Å². The van der Waals surface area contributed by atoms with Crippen molar-refractivity contribution < 1.29 is 4.79 Å². The van der Waals surface area contributed by atoms with E-state index in [1.807, 2.05) is 48.0 Å². The summed E-state index contributed by atoms with van der Waals surface area (Å²) in [6.45, 7) is 1.96. The highest BCUT2D eigenvalue weighted by atomic mass is 32.1. The van der Waals surface area contributed by atoms with Crippen molar-refractivity contribution in [3.05, 3.63) is 71.5 Å². The molecule has 6 heteroatoms. The van der Waals surface area contributed by atoms with Crippen molar-refractivity contribution in [2.45, 2.75) is 6.92 Å². The summed E-state index contributed by atoms with van der Waals surface area (Å²) in [7, 11) is 0. The third-order valence-corrected chi connectivity index (χ3v) is 4.82. The molecule has 24 heavy (non-hydrogen) atoms. The largest absolute Gasteiger partial charge is 0.321 e. The molecule has 0 aliphatic rings. The van der Waals surface area contributed by atoms with Crippen molar-refractivity contribution in [2.75, 3.05) is 5.32 Å². The predicted octanol–water partition coefficient (Wildman–Crippen LogP) is 4.04. The summed E-state index contributed by atoms with van der Waals surface area (Å²) >= 11 is 1.44. The highest BCUT2D eigenvalue weighted by Crippen LogP contribution is 2.30. The molecule has 0 saturated heterocycles. The zero-order valence-corrected chi connectivity index (χ0v) is 13.7. The first-order valence-electron chi connectivity index (χ1n) is 7.48. The Morgan fingerprint density at radius 2 is 1.88 bits per heavy atom. The molecule has 0 unspecified atom stereocenters. The van der Waals surface area contributed by atoms with Crippen molar-refractivity contribution in [2.24, 2.45) is 0 Å². The highest BCUT2D eigenvalue weighted by molar-refractivity contribution is 7.20. The van der Waals surface area contributed by atoms with E-state index in [-0.39, 0.29) is 5.91 Å². The minimum absolute atomic E-state index is 0.124. The Bertz CT molecular complexity index is 1010. The number of carbonyl (C=O) groups excluding carboxylic acids is 1. The van der Waals surface area contributed by atoms with E-state index in [1.54, 1.807) is 24.5 Å². The summed E-state index contributed by atoms with van der Waals surface area (Å²) < 4.78 is 1.89. The summed E-state index contributed by atoms with van der Waals surface area (Å²) in [6, 6.07) is 15.4. The first-order valence-corrected chi connectivity index (χ1v) is 8.30. The summed E-state index contributed by atoms with van der Waals surface area (Å²) in [5, 5.41) is 8.48. The van der Waals surface area contributed by atoms with Crippen LogP contribution >= 0.6 is 11.3 Å². The average molecular weight is 334 g/mol. The van der Waals surface area contributed by atoms with Crippen molar-refractivity contribution in [1.82, 2.24) is 14.8 Å². The van der Waals surface area contributed by atoms with Crippen LogP contribution in [-0.4, -0.2) is 20.7 Å². The van der Waals surface area contributed by atoms with Crippen LogP contribution in [0.5, 0.6) is 0 Å². The van der Waals surface area contributed by atoms with Gasteiger partial charge in [-0.05, 0) is 37.3 Å². The smallest absolute Gasteiger partial charge is 0.265 e. The number of hydrogen-bond donors (Lipinski definition) is 1. The van der Waals surface area contributed by atoms with Gasteiger partial charge in [0.25, 0.3) is 5.91 Å². The van der Waals surface area contributed by atoms with E-state index >= 15 is 0 Å². The number of anilines is 1. The molecule has 0 aliphatic heterocycles. The zero-order chi connectivity index (χ0) is 16.5. The Labute approximate surface area is 142 Å². The number of aryl methyl sites for hydroxylation is 1. The van der Waals surface area contributed by atoms with Crippen molar-refractivity contribution in [1.29, 1.82) is 0 Å². The van der Waals surface area contributed by atoms with Gasteiger partial charge in [0, 0.05) is 23.5 Å². The van der Waals surface area contributed by atoms with Gasteiger partial charge >= 0.3 is 0 Å². The second-order valence-electron chi connectivity index (χ2n) is 5.35. The number of para-hydroxylation sites is 1. The third kappa shape index (κ3) is 2.57. The Kier molecular flexibility index (Phi) is 3.59. The molecule has 118 valence electrons. The van der Waals surface area contributed by atoms with Crippen LogP contribution in [-0.2, 0) is 0 Å². The Morgan fingerprint density at radius 1 is 1.12 bits per heavy atom. The van der Waals surface area contributed by atoms with Gasteiger partial charge in [0.15, 0.2) is 0 Å². The van der Waals surface area contributed by atoms with E-state index in [0.717, 1.165) is 27.3 Å². The fraction of sp³-hybridized carbons (Fsp3) is 0.0556. The molecule has 4 aromatic rings. The number of hydrogen-bond acceptors (Lipinski definition) is 4. The van der Waals surface area contributed by atoms with Crippen LogP contribution in [0.15, 0.2) is 60.9 Å². The molecule has 5 nitrogen and oxygen atoms in total. The van der Waals surface area contributed by atoms with Gasteiger partial charge in [0.2, 0.25) is 0 Å². The maximum Gasteiger partial charge on any atom is 0.265 e. The molecule has 0 saturated carbocycles. The van der Waals surface area contributed by atoms with Gasteiger partial charge in [-0.2, -0.15) is 5.10 Å². The lowest BCUT2D eigenvalue weighted by Crippen LogP contribution is -2.10. The molecule has 3 aromatic heterocycles. The predicted molar refractivity (Wildman–Crippen MR) is 95.9 cm³/mol. The number of nitrogens with one attached hydrogen (secondary N) is 1. The number of rotatable bonds is 3. The third-order valence-electron chi connectivity index (χ3n) is 3.71. The minimum Gasteiger partial charge on any atom is -0.321 e. The van der Waals surface area contributed by atoms with E-state index in [2.05, 4.69) is 15.4 Å². The van der Waals surface area contributed by atoms with Crippen LogP contribution in [0.3, 0.4) is 0 Å². The zero-order valence-electron chi connectivity index (χ0n) is 12.9. The molecule has 1 amide bonds. The van der Waals surface area contributed by atoms with Gasteiger partial charge in [-0.15, -0.1) is 11.3 Å². The second kappa shape index (κ2) is 5.90. The normalized spacial score (nSPS) is 10.9. The lowest BCUT2D eigenvalue weighted by Gasteiger charge is -2.03. The molecule has 0 spiro atoms. The van der Waals surface area contributed by atoms with Crippen molar-refractivity contribution in [3.63, 3.8) is 0 Å². The maximum atomic E-state index is 12.5. The van der Waals surface area contributed by atoms with E-state index in [0.29, 0.717) is 4.88 Å². The Balaban J connectivity index is 1.72. The van der Waals surface area contributed by atoms with Gasteiger partial charge in [0.1, 0.15) is 4.83 Å². The number of amides is 1. The number of aromatic nitrogens is 3. The summed E-state index contributed by atoms with van der Waals surface area (Å²) in [5.41, 5.74) is 2.63. The second-order valence-corrected chi connectivity index (χ2v) is 6.38. The molecule has 0 radical (unpaired) electrons. The molecular formula is C18H14N4OS. The molecule has 0 aliphatic carbocycles. The van der Waals surface area contributed by atoms with Crippen LogP contribution in [0.4, 0.5) is 5.69 Å². The van der Waals surface area contributed by atoms with Gasteiger partial charge in [0.05, 0.1) is 16.3 Å².